The van der Waals surface area contributed by atoms with Gasteiger partial charge in [0.25, 0.3) is 0 Å². The Hall–Kier alpha value is -5.91. The molecule has 19 heteroatoms. The van der Waals surface area contributed by atoms with Crippen molar-refractivity contribution in [3.63, 3.8) is 0 Å². The number of halogens is 7. The highest BCUT2D eigenvalue weighted by Crippen LogP contribution is 2.35. The van der Waals surface area contributed by atoms with Crippen molar-refractivity contribution < 1.29 is 64.8 Å². The van der Waals surface area contributed by atoms with Crippen LogP contribution in [0.2, 0.25) is 5.02 Å². The zero-order valence-electron chi connectivity index (χ0n) is 26.1. The van der Waals surface area contributed by atoms with Crippen molar-refractivity contribution in [3.8, 4) is 11.5 Å². The molecule has 3 heterocycles. The number of carboxylic acid groups (broad SMARTS) is 1. The average molecular weight is 741 g/mol. The summed E-state index contributed by atoms with van der Waals surface area (Å²) in [6.07, 6.45) is -6.03. The summed E-state index contributed by atoms with van der Waals surface area (Å²) in [7, 11) is 0. The Morgan fingerprint density at radius 3 is 1.78 bits per heavy atom. The molecule has 0 unspecified atom stereocenters. The molecule has 2 N–H and O–H groups in total. The molecule has 51 heavy (non-hydrogen) atoms. The third-order valence-corrected chi connectivity index (χ3v) is 6.76. The van der Waals surface area contributed by atoms with Gasteiger partial charge >= 0.3 is 30.6 Å². The molecule has 0 bridgehead atoms. The first-order chi connectivity index (χ1) is 24.0. The Labute approximate surface area is 287 Å². The second-order valence-electron chi connectivity index (χ2n) is 9.76. The van der Waals surface area contributed by atoms with Crippen LogP contribution in [0.15, 0.2) is 67.1 Å². The second kappa shape index (κ2) is 15.8. The molecule has 5 aromatic rings. The van der Waals surface area contributed by atoms with E-state index in [4.69, 9.17) is 21.1 Å². The van der Waals surface area contributed by atoms with Gasteiger partial charge in [0.15, 0.2) is 0 Å². The molecule has 0 fully saturated rings. The summed E-state index contributed by atoms with van der Waals surface area (Å²) in [4.78, 5) is 47.5. The number of fused-ring (bicyclic) bond motifs is 2. The maximum absolute atomic E-state index is 12.6. The van der Waals surface area contributed by atoms with Gasteiger partial charge in [0, 0.05) is 29.4 Å². The second-order valence-corrected chi connectivity index (χ2v) is 10.1. The highest BCUT2D eigenvalue weighted by Gasteiger charge is 2.32. The zero-order valence-corrected chi connectivity index (χ0v) is 26.8. The Morgan fingerprint density at radius 1 is 0.745 bits per heavy atom. The van der Waals surface area contributed by atoms with Crippen molar-refractivity contribution in [1.29, 1.82) is 0 Å². The van der Waals surface area contributed by atoms with Crippen LogP contribution >= 0.6 is 11.6 Å². The molecule has 0 aliphatic heterocycles. The maximum atomic E-state index is 12.6. The molecular formula is C32H23ClF6N4O8. The lowest BCUT2D eigenvalue weighted by Crippen LogP contribution is -2.17. The van der Waals surface area contributed by atoms with Crippen LogP contribution in [0.4, 0.5) is 37.8 Å². The lowest BCUT2D eigenvalue weighted by Gasteiger charge is -2.16. The Morgan fingerprint density at radius 2 is 1.25 bits per heavy atom. The normalized spacial score (nSPS) is 11.3. The number of rotatable bonds is 9. The molecule has 0 amide bonds. The minimum absolute atomic E-state index is 0.0184. The van der Waals surface area contributed by atoms with Crippen LogP contribution in [0.1, 0.15) is 44.9 Å². The molecule has 12 nitrogen and oxygen atoms in total. The van der Waals surface area contributed by atoms with E-state index in [0.717, 1.165) is 24.3 Å². The fourth-order valence-electron chi connectivity index (χ4n) is 4.35. The van der Waals surface area contributed by atoms with Gasteiger partial charge in [-0.1, -0.05) is 11.6 Å². The predicted molar refractivity (Wildman–Crippen MR) is 168 cm³/mol. The van der Waals surface area contributed by atoms with Gasteiger partial charge in [-0.25, -0.2) is 19.4 Å². The minimum atomic E-state index is -4.93. The first-order valence-corrected chi connectivity index (χ1v) is 14.7. The van der Waals surface area contributed by atoms with Crippen molar-refractivity contribution in [1.82, 2.24) is 15.0 Å². The first-order valence-electron chi connectivity index (χ1n) is 14.3. The van der Waals surface area contributed by atoms with Crippen molar-refractivity contribution in [2.75, 3.05) is 18.5 Å². The van der Waals surface area contributed by atoms with Gasteiger partial charge in [-0.3, -0.25) is 9.97 Å². The molecular weight excluding hydrogens is 718 g/mol. The van der Waals surface area contributed by atoms with Gasteiger partial charge in [0.05, 0.1) is 40.5 Å². The molecule has 0 saturated heterocycles. The monoisotopic (exact) mass is 740 g/mol. The van der Waals surface area contributed by atoms with E-state index in [9.17, 15) is 45.8 Å². The lowest BCUT2D eigenvalue weighted by molar-refractivity contribution is -0.275. The fraction of sp³-hybridized carbons (Fsp3) is 0.188. The van der Waals surface area contributed by atoms with E-state index < -0.39 is 42.1 Å². The molecule has 0 saturated carbocycles. The van der Waals surface area contributed by atoms with Crippen LogP contribution in [-0.4, -0.2) is 63.9 Å². The molecule has 2 aromatic carbocycles. The van der Waals surface area contributed by atoms with E-state index in [-0.39, 0.29) is 62.7 Å². The van der Waals surface area contributed by atoms with Crippen molar-refractivity contribution in [3.05, 3.63) is 88.8 Å². The third-order valence-electron chi connectivity index (χ3n) is 6.35. The number of carbonyl (C=O) groups is 3. The number of aromatic carboxylic acids is 1. The minimum Gasteiger partial charge on any atom is -0.478 e. The number of pyridine rings is 3. The molecule has 0 atom stereocenters. The van der Waals surface area contributed by atoms with E-state index in [1.165, 1.54) is 42.9 Å². The van der Waals surface area contributed by atoms with Gasteiger partial charge in [-0.2, -0.15) is 0 Å². The molecule has 0 radical (unpaired) electrons. The number of nitrogens with zero attached hydrogens (tertiary/aromatic N) is 3. The molecule has 3 aromatic heterocycles. The highest BCUT2D eigenvalue weighted by molar-refractivity contribution is 6.38. The maximum Gasteiger partial charge on any atom is 0.573 e. The molecule has 0 aliphatic carbocycles. The van der Waals surface area contributed by atoms with E-state index in [0.29, 0.717) is 5.52 Å². The summed E-state index contributed by atoms with van der Waals surface area (Å²) < 4.78 is 92.0. The molecule has 0 aliphatic rings. The van der Waals surface area contributed by atoms with Crippen LogP contribution in [-0.2, 0) is 9.47 Å². The van der Waals surface area contributed by atoms with E-state index in [1.807, 2.05) is 0 Å². The van der Waals surface area contributed by atoms with Crippen LogP contribution in [0.25, 0.3) is 21.8 Å². The largest absolute Gasteiger partial charge is 0.573 e. The predicted octanol–water partition coefficient (Wildman–Crippen LogP) is 8.11. The summed E-state index contributed by atoms with van der Waals surface area (Å²) in [5.74, 6) is -3.89. The lowest BCUT2D eigenvalue weighted by atomic mass is 10.1. The number of anilines is 2. The van der Waals surface area contributed by atoms with Crippen molar-refractivity contribution >= 4 is 62.8 Å². The SMILES string of the molecule is CCOC(=O)c1cnc2ccc(OC(F)(F)F)cc2c1Cl.CCOC(=O)c1cnc2ccc(OC(F)(F)F)cc2c1Nc1ncccc1C(=O)O. The summed E-state index contributed by atoms with van der Waals surface area (Å²) >= 11 is 6.04. The van der Waals surface area contributed by atoms with Gasteiger partial charge in [0.1, 0.15) is 28.4 Å². The number of esters is 2. The summed E-state index contributed by atoms with van der Waals surface area (Å²) in [6.45, 7) is 3.38. The van der Waals surface area contributed by atoms with Crippen molar-refractivity contribution in [2.45, 2.75) is 26.6 Å². The van der Waals surface area contributed by atoms with Gasteiger partial charge in [0.2, 0.25) is 0 Å². The van der Waals surface area contributed by atoms with Crippen LogP contribution in [0.3, 0.4) is 0 Å². The van der Waals surface area contributed by atoms with Gasteiger partial charge < -0.3 is 29.4 Å². The smallest absolute Gasteiger partial charge is 0.478 e. The standard InChI is InChI=1S/C19H14F3N3O5.C13H9ClF3NO3/c1-2-29-18(28)13-9-24-14-6-5-10(30-19(20,21)22)8-12(14)15(13)25-16-11(17(26)27)4-3-7-23-16;1-2-20-12(19)9-6-18-10-4-3-7(21-13(15,16)17)5-8(10)11(9)14/h3-9H,2H2,1H3,(H,26,27)(H,23,24,25);3-6H,2H2,1H3. The summed E-state index contributed by atoms with van der Waals surface area (Å²) in [5, 5.41) is 12.3. The number of alkyl halides is 6. The van der Waals surface area contributed by atoms with Crippen molar-refractivity contribution in [2.24, 2.45) is 0 Å². The number of benzene rings is 2. The Balaban J connectivity index is 0.000000244. The van der Waals surface area contributed by atoms with E-state index in [1.54, 1.807) is 13.8 Å². The number of hydrogen-bond acceptors (Lipinski definition) is 11. The van der Waals surface area contributed by atoms with E-state index in [2.05, 4.69) is 29.7 Å². The van der Waals surface area contributed by atoms with Crippen LogP contribution in [0, 0.1) is 0 Å². The van der Waals surface area contributed by atoms with Gasteiger partial charge in [-0.05, 0) is 62.4 Å². The first kappa shape index (κ1) is 37.9. The quantitative estimate of drug-likeness (QED) is 0.111. The average Bonchev–Trinajstić information content (AvgIpc) is 3.04. The zero-order chi connectivity index (χ0) is 37.5. The summed E-state index contributed by atoms with van der Waals surface area (Å²) in [6, 6.07) is 9.56. The summed E-state index contributed by atoms with van der Waals surface area (Å²) in [5.41, 5.74) is 0.202. The van der Waals surface area contributed by atoms with E-state index >= 15 is 0 Å². The highest BCUT2D eigenvalue weighted by atomic mass is 35.5. The molecule has 5 rings (SSSR count). The fourth-order valence-corrected chi connectivity index (χ4v) is 4.63. The number of hydrogen-bond donors (Lipinski definition) is 2. The van der Waals surface area contributed by atoms with Crippen LogP contribution in [0.5, 0.6) is 11.5 Å². The number of carbonyl (C=O) groups excluding carboxylic acids is 2. The topological polar surface area (TPSA) is 159 Å². The molecule has 268 valence electrons. The Bertz CT molecular complexity index is 2100. The number of aromatic nitrogens is 3. The number of nitrogens with one attached hydrogen (secondary N) is 1. The molecule has 0 spiro atoms. The van der Waals surface area contributed by atoms with Crippen LogP contribution < -0.4 is 14.8 Å². The third kappa shape index (κ3) is 9.84. The number of ether oxygens (including phenoxy) is 4. The number of carboxylic acids is 1. The Kier molecular flexibility index (Phi) is 11.7. The van der Waals surface area contributed by atoms with Gasteiger partial charge in [-0.15, -0.1) is 26.3 Å².